The van der Waals surface area contributed by atoms with E-state index >= 15 is 0 Å². The first-order valence-corrected chi connectivity index (χ1v) is 4.25. The molecule has 1 aromatic rings. The van der Waals surface area contributed by atoms with E-state index in [9.17, 15) is 23.3 Å². The monoisotopic (exact) mass is 255 g/mol. The zero-order chi connectivity index (χ0) is 12.5. The average molecular weight is 256 g/mol. The van der Waals surface area contributed by atoms with E-state index in [4.69, 9.17) is 11.6 Å². The number of rotatable bonds is 2. The Morgan fingerprint density at radius 2 is 2.12 bits per heavy atom. The van der Waals surface area contributed by atoms with Crippen LogP contribution in [0, 0.1) is 10.1 Å². The number of pyridine rings is 1. The summed E-state index contributed by atoms with van der Waals surface area (Å²) >= 11 is 5.34. The number of nitro groups is 1. The molecule has 1 N–H and O–H groups in total. The van der Waals surface area contributed by atoms with Gasteiger partial charge in [-0.2, -0.15) is 13.2 Å². The lowest BCUT2D eigenvalue weighted by Gasteiger charge is -2.09. The average Bonchev–Trinajstić information content (AvgIpc) is 2.14. The van der Waals surface area contributed by atoms with Crippen molar-refractivity contribution in [1.29, 1.82) is 0 Å². The quantitative estimate of drug-likeness (QED) is 0.501. The molecule has 16 heavy (non-hydrogen) atoms. The van der Waals surface area contributed by atoms with Crippen LogP contribution in [0.3, 0.4) is 0 Å². The maximum Gasteiger partial charge on any atom is 0.440 e. The van der Waals surface area contributed by atoms with Crippen LogP contribution in [0.4, 0.5) is 24.5 Å². The highest BCUT2D eigenvalue weighted by Crippen LogP contribution is 2.39. The number of halogens is 4. The van der Waals surface area contributed by atoms with Crippen molar-refractivity contribution >= 4 is 23.0 Å². The number of hydrogen-bond donors (Lipinski definition) is 1. The summed E-state index contributed by atoms with van der Waals surface area (Å²) in [6, 6.07) is 0.953. The molecule has 5 nitrogen and oxygen atoms in total. The molecule has 0 saturated carbocycles. The van der Waals surface area contributed by atoms with Gasteiger partial charge in [0.05, 0.1) is 4.92 Å². The van der Waals surface area contributed by atoms with Crippen molar-refractivity contribution in [2.75, 3.05) is 12.4 Å². The van der Waals surface area contributed by atoms with Gasteiger partial charge < -0.3 is 5.32 Å². The van der Waals surface area contributed by atoms with E-state index < -0.39 is 27.6 Å². The molecule has 0 aliphatic heterocycles. The van der Waals surface area contributed by atoms with Gasteiger partial charge in [0.25, 0.3) is 0 Å². The second-order valence-electron chi connectivity index (χ2n) is 2.69. The molecule has 0 amide bonds. The Balaban J connectivity index is 3.57. The van der Waals surface area contributed by atoms with E-state index in [1.165, 1.54) is 7.05 Å². The summed E-state index contributed by atoms with van der Waals surface area (Å²) in [6.07, 6.45) is -4.93. The van der Waals surface area contributed by atoms with Crippen LogP contribution in [0.2, 0.25) is 5.15 Å². The fourth-order valence-electron chi connectivity index (χ4n) is 1.08. The molecule has 1 aromatic heterocycles. The molecule has 0 spiro atoms. The Hall–Kier alpha value is -1.57. The highest BCUT2D eigenvalue weighted by atomic mass is 35.5. The molecule has 0 saturated heterocycles. The van der Waals surface area contributed by atoms with Crippen molar-refractivity contribution in [3.63, 3.8) is 0 Å². The Morgan fingerprint density at radius 1 is 1.56 bits per heavy atom. The molecule has 0 radical (unpaired) electrons. The Bertz CT molecular complexity index is 436. The lowest BCUT2D eigenvalue weighted by atomic mass is 10.2. The van der Waals surface area contributed by atoms with Crippen molar-refractivity contribution in [1.82, 2.24) is 4.98 Å². The Labute approximate surface area is 92.4 Å². The van der Waals surface area contributed by atoms with Gasteiger partial charge >= 0.3 is 11.9 Å². The fraction of sp³-hybridized carbons (Fsp3) is 0.286. The van der Waals surface area contributed by atoms with Gasteiger partial charge in [-0.3, -0.25) is 10.1 Å². The third-order valence-corrected chi connectivity index (χ3v) is 1.88. The number of alkyl halides is 3. The molecule has 0 aliphatic carbocycles. The lowest BCUT2D eigenvalue weighted by molar-refractivity contribution is -0.387. The summed E-state index contributed by atoms with van der Waals surface area (Å²) in [4.78, 5) is 12.3. The number of nitrogens with zero attached hydrogens (tertiary/aromatic N) is 2. The van der Waals surface area contributed by atoms with Crippen LogP contribution >= 0.6 is 11.6 Å². The first-order valence-electron chi connectivity index (χ1n) is 3.87. The third kappa shape index (κ3) is 2.32. The third-order valence-electron chi connectivity index (χ3n) is 1.68. The maximum absolute atomic E-state index is 12.5. The molecule has 1 rings (SSSR count). The van der Waals surface area contributed by atoms with Crippen molar-refractivity contribution in [2.45, 2.75) is 6.18 Å². The van der Waals surface area contributed by atoms with Gasteiger partial charge in [0.1, 0.15) is 10.8 Å². The minimum atomic E-state index is -4.93. The molecule has 9 heteroatoms. The molecule has 0 unspecified atom stereocenters. The fourth-order valence-corrected chi connectivity index (χ4v) is 1.27. The highest BCUT2D eigenvalue weighted by Gasteiger charge is 2.42. The standard InChI is InChI=1S/C7H5ClF3N3O2/c1-12-3-2-4(8)13-6(7(9,10)11)5(3)14(15)16/h2H,1H3,(H,12,13). The van der Waals surface area contributed by atoms with Crippen LogP contribution < -0.4 is 5.32 Å². The maximum atomic E-state index is 12.5. The number of hydrogen-bond acceptors (Lipinski definition) is 4. The van der Waals surface area contributed by atoms with Crippen molar-refractivity contribution in [2.24, 2.45) is 0 Å². The minimum absolute atomic E-state index is 0.336. The zero-order valence-corrected chi connectivity index (χ0v) is 8.56. The first kappa shape index (κ1) is 12.5. The van der Waals surface area contributed by atoms with Gasteiger partial charge in [0.2, 0.25) is 5.69 Å². The molecule has 1 heterocycles. The smallest absolute Gasteiger partial charge is 0.382 e. The molecule has 0 fully saturated rings. The van der Waals surface area contributed by atoms with E-state index in [1.807, 2.05) is 0 Å². The summed E-state index contributed by atoms with van der Waals surface area (Å²) in [5, 5.41) is 12.3. The highest BCUT2D eigenvalue weighted by molar-refractivity contribution is 6.29. The van der Waals surface area contributed by atoms with Gasteiger partial charge in [0, 0.05) is 13.1 Å². The predicted octanol–water partition coefficient (Wildman–Crippen LogP) is 2.70. The molecule has 0 aromatic carbocycles. The summed E-state index contributed by atoms with van der Waals surface area (Å²) in [5.74, 6) is 0. The summed E-state index contributed by atoms with van der Waals surface area (Å²) < 4.78 is 37.4. The molecular weight excluding hydrogens is 251 g/mol. The van der Waals surface area contributed by atoms with Crippen molar-refractivity contribution < 1.29 is 18.1 Å². The Kier molecular flexibility index (Phi) is 3.22. The SMILES string of the molecule is CNc1cc(Cl)nc(C(F)(F)F)c1[N+](=O)[O-]. The van der Waals surface area contributed by atoms with Crippen LogP contribution in [0.1, 0.15) is 5.69 Å². The molecule has 0 aliphatic rings. The van der Waals surface area contributed by atoms with Gasteiger partial charge in [-0.25, -0.2) is 4.98 Å². The lowest BCUT2D eigenvalue weighted by Crippen LogP contribution is -2.13. The van der Waals surface area contributed by atoms with Gasteiger partial charge in [-0.05, 0) is 0 Å². The van der Waals surface area contributed by atoms with E-state index in [0.717, 1.165) is 6.07 Å². The van der Waals surface area contributed by atoms with Crippen LogP contribution in [-0.4, -0.2) is 17.0 Å². The summed E-state index contributed by atoms with van der Waals surface area (Å²) in [5.41, 5.74) is -3.09. The largest absolute Gasteiger partial charge is 0.440 e. The van der Waals surface area contributed by atoms with Gasteiger partial charge in [0.15, 0.2) is 0 Å². The first-order chi connectivity index (χ1) is 7.27. The number of nitrogens with one attached hydrogen (secondary N) is 1. The Morgan fingerprint density at radius 3 is 2.50 bits per heavy atom. The van der Waals surface area contributed by atoms with Crippen LogP contribution in [0.5, 0.6) is 0 Å². The van der Waals surface area contributed by atoms with Crippen LogP contribution in [0.25, 0.3) is 0 Å². The zero-order valence-electron chi connectivity index (χ0n) is 7.80. The minimum Gasteiger partial charge on any atom is -0.382 e. The second-order valence-corrected chi connectivity index (χ2v) is 3.08. The van der Waals surface area contributed by atoms with E-state index in [-0.39, 0.29) is 5.69 Å². The number of aromatic nitrogens is 1. The molecule has 88 valence electrons. The molecule has 0 bridgehead atoms. The van der Waals surface area contributed by atoms with Crippen molar-refractivity contribution in [3.8, 4) is 0 Å². The molecule has 0 atom stereocenters. The summed E-state index contributed by atoms with van der Waals surface area (Å²) in [7, 11) is 1.25. The van der Waals surface area contributed by atoms with Crippen molar-refractivity contribution in [3.05, 3.63) is 27.0 Å². The van der Waals surface area contributed by atoms with Gasteiger partial charge in [-0.15, -0.1) is 0 Å². The van der Waals surface area contributed by atoms with E-state index in [1.54, 1.807) is 0 Å². The number of anilines is 1. The van der Waals surface area contributed by atoms with E-state index in [0.29, 0.717) is 0 Å². The van der Waals surface area contributed by atoms with E-state index in [2.05, 4.69) is 10.3 Å². The summed E-state index contributed by atoms with van der Waals surface area (Å²) in [6.45, 7) is 0. The second kappa shape index (κ2) is 4.12. The molecular formula is C7H5ClF3N3O2. The normalized spacial score (nSPS) is 11.3. The van der Waals surface area contributed by atoms with Crippen LogP contribution in [-0.2, 0) is 6.18 Å². The van der Waals surface area contributed by atoms with Gasteiger partial charge in [-0.1, -0.05) is 11.6 Å². The van der Waals surface area contributed by atoms with Crippen LogP contribution in [0.15, 0.2) is 6.07 Å². The predicted molar refractivity (Wildman–Crippen MR) is 50.5 cm³/mol. The topological polar surface area (TPSA) is 68.1 Å².